The lowest BCUT2D eigenvalue weighted by Gasteiger charge is -2.09. The number of nitrogens with zero attached hydrogens (tertiary/aromatic N) is 1. The second-order valence-electron chi connectivity index (χ2n) is 5.38. The van der Waals surface area contributed by atoms with Gasteiger partial charge in [-0.2, -0.15) is 0 Å². The Kier molecular flexibility index (Phi) is 4.71. The monoisotopic (exact) mass is 371 g/mol. The van der Waals surface area contributed by atoms with Gasteiger partial charge in [-0.3, -0.25) is 4.99 Å². The molecule has 19 heavy (non-hydrogen) atoms. The summed E-state index contributed by atoms with van der Waals surface area (Å²) in [5, 5.41) is 3.38. The van der Waals surface area contributed by atoms with E-state index < -0.39 is 0 Å². The third-order valence-electron chi connectivity index (χ3n) is 4.15. The predicted octanol–water partition coefficient (Wildman–Crippen LogP) is 2.65. The highest BCUT2D eigenvalue weighted by molar-refractivity contribution is 14.0. The number of unbranched alkanes of at least 4 members (excludes halogenated alkanes) is 1. The molecule has 0 heterocycles. The Morgan fingerprint density at radius 3 is 3.00 bits per heavy atom. The first-order valence-electron chi connectivity index (χ1n) is 6.95. The molecule has 0 aliphatic heterocycles. The average molecular weight is 371 g/mol. The van der Waals surface area contributed by atoms with Gasteiger partial charge in [-0.1, -0.05) is 37.6 Å². The molecular formula is C15H22IN3. The van der Waals surface area contributed by atoms with Gasteiger partial charge in [0.2, 0.25) is 0 Å². The van der Waals surface area contributed by atoms with Crippen LogP contribution in [0, 0.1) is 5.92 Å². The largest absolute Gasteiger partial charge is 0.370 e. The molecule has 0 spiro atoms. The van der Waals surface area contributed by atoms with Crippen molar-refractivity contribution in [1.29, 1.82) is 0 Å². The van der Waals surface area contributed by atoms with E-state index in [-0.39, 0.29) is 24.0 Å². The van der Waals surface area contributed by atoms with Crippen LogP contribution in [0.25, 0.3) is 0 Å². The highest BCUT2D eigenvalue weighted by Crippen LogP contribution is 2.56. The highest BCUT2D eigenvalue weighted by atomic mass is 127. The van der Waals surface area contributed by atoms with Crippen LogP contribution >= 0.6 is 24.0 Å². The van der Waals surface area contributed by atoms with Crippen molar-refractivity contribution in [3.63, 3.8) is 0 Å². The van der Waals surface area contributed by atoms with Crippen LogP contribution in [0.15, 0.2) is 29.3 Å². The number of halogens is 1. The molecule has 3 N–H and O–H groups in total. The summed E-state index contributed by atoms with van der Waals surface area (Å²) in [6.45, 7) is 3.01. The van der Waals surface area contributed by atoms with E-state index in [1.807, 2.05) is 0 Å². The summed E-state index contributed by atoms with van der Waals surface area (Å²) < 4.78 is 0. The van der Waals surface area contributed by atoms with E-state index in [0.29, 0.717) is 17.9 Å². The number of fused-ring (bicyclic) bond motifs is 3. The Labute approximate surface area is 132 Å². The zero-order valence-electron chi connectivity index (χ0n) is 11.3. The van der Waals surface area contributed by atoms with Crippen molar-refractivity contribution in [2.24, 2.45) is 16.6 Å². The van der Waals surface area contributed by atoms with Crippen LogP contribution in [-0.2, 0) is 6.42 Å². The van der Waals surface area contributed by atoms with Crippen molar-refractivity contribution < 1.29 is 0 Å². The Morgan fingerprint density at radius 1 is 1.42 bits per heavy atom. The Bertz CT molecular complexity index is 472. The molecular weight excluding hydrogens is 349 g/mol. The maximum Gasteiger partial charge on any atom is 0.188 e. The SMILES string of the molecule is CCCCN=C(N)NC1C2Cc3ccccc3C21.I. The number of guanidine groups is 1. The van der Waals surface area contributed by atoms with Crippen LogP contribution in [0.3, 0.4) is 0 Å². The minimum Gasteiger partial charge on any atom is -0.370 e. The lowest BCUT2D eigenvalue weighted by atomic mass is 10.1. The number of hydrogen-bond acceptors (Lipinski definition) is 1. The molecule has 0 saturated heterocycles. The summed E-state index contributed by atoms with van der Waals surface area (Å²) >= 11 is 0. The second kappa shape index (κ2) is 6.11. The van der Waals surface area contributed by atoms with Gasteiger partial charge in [-0.25, -0.2) is 0 Å². The van der Waals surface area contributed by atoms with Gasteiger partial charge in [0.05, 0.1) is 0 Å². The fourth-order valence-corrected chi connectivity index (χ4v) is 3.12. The summed E-state index contributed by atoms with van der Waals surface area (Å²) in [5.74, 6) is 2.03. The van der Waals surface area contributed by atoms with Crippen molar-refractivity contribution >= 4 is 29.9 Å². The van der Waals surface area contributed by atoms with Gasteiger partial charge in [0.1, 0.15) is 0 Å². The van der Waals surface area contributed by atoms with Gasteiger partial charge in [0.25, 0.3) is 0 Å². The average Bonchev–Trinajstić information content (AvgIpc) is 2.88. The molecule has 3 rings (SSSR count). The molecule has 1 aromatic rings. The first-order valence-corrected chi connectivity index (χ1v) is 6.95. The smallest absolute Gasteiger partial charge is 0.188 e. The van der Waals surface area contributed by atoms with Crippen LogP contribution in [0.2, 0.25) is 0 Å². The maximum absolute atomic E-state index is 5.92. The maximum atomic E-state index is 5.92. The number of benzene rings is 1. The fraction of sp³-hybridized carbons (Fsp3) is 0.533. The molecule has 2 aliphatic rings. The lowest BCUT2D eigenvalue weighted by molar-refractivity contribution is 0.735. The van der Waals surface area contributed by atoms with Gasteiger partial charge in [-0.15, -0.1) is 24.0 Å². The van der Waals surface area contributed by atoms with Gasteiger partial charge in [0.15, 0.2) is 5.96 Å². The van der Waals surface area contributed by atoms with Crippen LogP contribution < -0.4 is 11.1 Å². The zero-order chi connectivity index (χ0) is 12.5. The van der Waals surface area contributed by atoms with Crippen LogP contribution in [-0.4, -0.2) is 18.5 Å². The Hall–Kier alpha value is -0.780. The molecule has 1 aromatic carbocycles. The normalized spacial score (nSPS) is 27.2. The summed E-state index contributed by atoms with van der Waals surface area (Å²) in [7, 11) is 0. The summed E-state index contributed by atoms with van der Waals surface area (Å²) in [4.78, 5) is 4.36. The van der Waals surface area contributed by atoms with E-state index in [9.17, 15) is 0 Å². The standard InChI is InChI=1S/C15H21N3.HI/c1-2-3-8-17-15(16)18-14-12-9-10-6-4-5-7-11(10)13(12)14;/h4-7,12-14H,2-3,8-9H2,1H3,(H3,16,17,18);1H. The molecule has 2 aliphatic carbocycles. The molecule has 3 nitrogen and oxygen atoms in total. The Balaban J connectivity index is 0.00000133. The number of aliphatic imine (C=N–C) groups is 1. The van der Waals surface area contributed by atoms with Crippen LogP contribution in [0.5, 0.6) is 0 Å². The lowest BCUT2D eigenvalue weighted by Crippen LogP contribution is -2.35. The first kappa shape index (κ1) is 14.6. The highest BCUT2D eigenvalue weighted by Gasteiger charge is 2.55. The fourth-order valence-electron chi connectivity index (χ4n) is 3.12. The van der Waals surface area contributed by atoms with Crippen molar-refractivity contribution in [3.05, 3.63) is 35.4 Å². The molecule has 1 fully saturated rings. The number of nitrogens with one attached hydrogen (secondary N) is 1. The van der Waals surface area contributed by atoms with Gasteiger partial charge < -0.3 is 11.1 Å². The van der Waals surface area contributed by atoms with Crippen molar-refractivity contribution in [3.8, 4) is 0 Å². The molecule has 0 radical (unpaired) electrons. The van der Waals surface area contributed by atoms with E-state index in [1.54, 1.807) is 0 Å². The van der Waals surface area contributed by atoms with E-state index in [0.717, 1.165) is 18.9 Å². The zero-order valence-corrected chi connectivity index (χ0v) is 13.6. The molecule has 3 atom stereocenters. The quantitative estimate of drug-likeness (QED) is 0.370. The van der Waals surface area contributed by atoms with Crippen molar-refractivity contribution in [2.75, 3.05) is 6.54 Å². The molecule has 1 saturated carbocycles. The van der Waals surface area contributed by atoms with E-state index in [1.165, 1.54) is 24.0 Å². The van der Waals surface area contributed by atoms with E-state index in [2.05, 4.69) is 41.5 Å². The minimum atomic E-state index is 0. The molecule has 3 unspecified atom stereocenters. The summed E-state index contributed by atoms with van der Waals surface area (Å²) in [5.41, 5.74) is 8.95. The molecule has 0 aromatic heterocycles. The molecule has 104 valence electrons. The molecule has 0 amide bonds. The van der Waals surface area contributed by atoms with Gasteiger partial charge in [0, 0.05) is 18.5 Å². The number of nitrogens with two attached hydrogens (primary N) is 1. The van der Waals surface area contributed by atoms with Crippen LogP contribution in [0.1, 0.15) is 36.8 Å². The van der Waals surface area contributed by atoms with Crippen LogP contribution in [0.4, 0.5) is 0 Å². The molecule has 4 heteroatoms. The third-order valence-corrected chi connectivity index (χ3v) is 4.15. The third kappa shape index (κ3) is 2.88. The Morgan fingerprint density at radius 2 is 2.21 bits per heavy atom. The van der Waals surface area contributed by atoms with Gasteiger partial charge >= 0.3 is 0 Å². The van der Waals surface area contributed by atoms with Gasteiger partial charge in [-0.05, 0) is 29.9 Å². The minimum absolute atomic E-state index is 0. The number of rotatable bonds is 4. The van der Waals surface area contributed by atoms with Crippen molar-refractivity contribution in [1.82, 2.24) is 5.32 Å². The van der Waals surface area contributed by atoms with E-state index in [4.69, 9.17) is 5.73 Å². The van der Waals surface area contributed by atoms with E-state index >= 15 is 0 Å². The molecule has 0 bridgehead atoms. The summed E-state index contributed by atoms with van der Waals surface area (Å²) in [6.07, 6.45) is 3.47. The number of hydrogen-bond donors (Lipinski definition) is 2. The second-order valence-corrected chi connectivity index (χ2v) is 5.38. The van der Waals surface area contributed by atoms with Crippen molar-refractivity contribution in [2.45, 2.75) is 38.1 Å². The topological polar surface area (TPSA) is 50.4 Å². The predicted molar refractivity (Wildman–Crippen MR) is 90.1 cm³/mol. The summed E-state index contributed by atoms with van der Waals surface area (Å²) in [6, 6.07) is 9.29. The first-order chi connectivity index (χ1) is 8.81.